The molecule has 1 aliphatic rings. The number of nitrogens with zero attached hydrogens (tertiary/aromatic N) is 3. The predicted octanol–water partition coefficient (Wildman–Crippen LogP) is 9.21. The van der Waals surface area contributed by atoms with Gasteiger partial charge in [-0.05, 0) is 84.1 Å². The number of piperidine rings is 1. The van der Waals surface area contributed by atoms with E-state index in [9.17, 15) is 4.79 Å². The lowest BCUT2D eigenvalue weighted by Crippen LogP contribution is -2.38. The van der Waals surface area contributed by atoms with E-state index in [2.05, 4.69) is 42.5 Å². The number of likely N-dealkylation sites (tertiary alicyclic amines) is 1. The summed E-state index contributed by atoms with van der Waals surface area (Å²) in [5.74, 6) is 1.83. The Hall–Kier alpha value is -5.82. The van der Waals surface area contributed by atoms with Gasteiger partial charge in [0, 0.05) is 24.6 Å². The van der Waals surface area contributed by atoms with Gasteiger partial charge in [-0.3, -0.25) is 0 Å². The van der Waals surface area contributed by atoms with Crippen LogP contribution in [0.5, 0.6) is 11.5 Å². The second-order valence-corrected chi connectivity index (χ2v) is 12.2. The van der Waals surface area contributed by atoms with Crippen LogP contribution in [0.1, 0.15) is 41.1 Å². The number of benzene rings is 5. The highest BCUT2D eigenvalue weighted by Crippen LogP contribution is 2.33. The molecular weight excluding hydrogens is 610 g/mol. The molecule has 7 nitrogen and oxygen atoms in total. The summed E-state index contributed by atoms with van der Waals surface area (Å²) in [7, 11) is 0. The van der Waals surface area contributed by atoms with Crippen LogP contribution < -0.4 is 9.47 Å². The van der Waals surface area contributed by atoms with E-state index < -0.39 is 0 Å². The molecule has 1 amide bonds. The van der Waals surface area contributed by atoms with E-state index in [1.807, 2.05) is 108 Å². The first-order valence-electron chi connectivity index (χ1n) is 16.8. The lowest BCUT2D eigenvalue weighted by atomic mass is 9.93. The van der Waals surface area contributed by atoms with Gasteiger partial charge in [0.25, 0.3) is 0 Å². The quantitative estimate of drug-likeness (QED) is 0.140. The number of hydrogen-bond acceptors (Lipinski definition) is 5. The highest BCUT2D eigenvalue weighted by atomic mass is 16.6. The summed E-state index contributed by atoms with van der Waals surface area (Å²) in [6.45, 7) is 2.55. The fourth-order valence-electron chi connectivity index (χ4n) is 6.06. The van der Waals surface area contributed by atoms with Gasteiger partial charge in [0.15, 0.2) is 0 Å². The maximum absolute atomic E-state index is 12.8. The molecule has 0 bridgehead atoms. The Balaban J connectivity index is 1.07. The van der Waals surface area contributed by atoms with Crippen LogP contribution in [0.3, 0.4) is 0 Å². The number of amides is 1. The lowest BCUT2D eigenvalue weighted by Gasteiger charge is -2.30. The molecule has 2 heterocycles. The molecule has 0 radical (unpaired) electrons. The van der Waals surface area contributed by atoms with Crippen LogP contribution in [-0.2, 0) is 24.6 Å². The molecule has 1 aromatic heterocycles. The van der Waals surface area contributed by atoms with Crippen molar-refractivity contribution in [1.82, 2.24) is 14.7 Å². The molecule has 0 atom stereocenters. The zero-order valence-electron chi connectivity index (χ0n) is 27.4. The zero-order chi connectivity index (χ0) is 33.3. The molecule has 0 saturated carbocycles. The molecular formula is C42H39N3O4. The number of carbonyl (C=O) groups is 1. The molecule has 49 heavy (non-hydrogen) atoms. The average molecular weight is 650 g/mol. The molecule has 246 valence electrons. The highest BCUT2D eigenvalue weighted by Gasteiger charge is 2.27. The van der Waals surface area contributed by atoms with Crippen LogP contribution in [0.4, 0.5) is 4.79 Å². The Morgan fingerprint density at radius 1 is 0.612 bits per heavy atom. The molecule has 0 N–H and O–H groups in total. The van der Waals surface area contributed by atoms with Gasteiger partial charge < -0.3 is 19.1 Å². The number of aromatic nitrogens is 2. The van der Waals surface area contributed by atoms with E-state index in [0.29, 0.717) is 26.3 Å². The van der Waals surface area contributed by atoms with Gasteiger partial charge >= 0.3 is 6.09 Å². The van der Waals surface area contributed by atoms with Crippen LogP contribution in [0, 0.1) is 0 Å². The molecule has 0 spiro atoms. The maximum atomic E-state index is 12.8. The SMILES string of the molecule is O=C(OCc1ccccc1)N1CCC(c2cc(-c3ccc(OCc4ccccc4)cc3)n(-c3ccc(OCc4ccccc4)cc3)n2)CC1. The van der Waals surface area contributed by atoms with Crippen molar-refractivity contribution in [3.05, 3.63) is 168 Å². The summed E-state index contributed by atoms with van der Waals surface area (Å²) in [4.78, 5) is 14.6. The second kappa shape index (κ2) is 15.4. The second-order valence-electron chi connectivity index (χ2n) is 12.2. The third kappa shape index (κ3) is 8.19. The fraction of sp³-hybridized carbons (Fsp3) is 0.190. The molecule has 1 fully saturated rings. The number of rotatable bonds is 11. The van der Waals surface area contributed by atoms with Gasteiger partial charge in [0.1, 0.15) is 31.3 Å². The van der Waals surface area contributed by atoms with E-state index in [0.717, 1.165) is 63.7 Å². The summed E-state index contributed by atoms with van der Waals surface area (Å²) >= 11 is 0. The minimum atomic E-state index is -0.266. The smallest absolute Gasteiger partial charge is 0.410 e. The largest absolute Gasteiger partial charge is 0.489 e. The normalized spacial score (nSPS) is 13.2. The van der Waals surface area contributed by atoms with Crippen LogP contribution in [0.2, 0.25) is 0 Å². The van der Waals surface area contributed by atoms with Gasteiger partial charge in [0.05, 0.1) is 17.1 Å². The Bertz CT molecular complexity index is 1810. The Labute approximate surface area is 287 Å². The van der Waals surface area contributed by atoms with Crippen molar-refractivity contribution < 1.29 is 19.0 Å². The predicted molar refractivity (Wildman–Crippen MR) is 191 cm³/mol. The van der Waals surface area contributed by atoms with Crippen LogP contribution >= 0.6 is 0 Å². The first-order valence-corrected chi connectivity index (χ1v) is 16.8. The van der Waals surface area contributed by atoms with Crippen molar-refractivity contribution in [2.45, 2.75) is 38.6 Å². The Morgan fingerprint density at radius 3 is 1.63 bits per heavy atom. The van der Waals surface area contributed by atoms with E-state index in [-0.39, 0.29) is 18.6 Å². The summed E-state index contributed by atoms with van der Waals surface area (Å²) < 4.78 is 19.7. The number of hydrogen-bond donors (Lipinski definition) is 0. The monoisotopic (exact) mass is 649 g/mol. The van der Waals surface area contributed by atoms with E-state index in [1.165, 1.54) is 0 Å². The van der Waals surface area contributed by atoms with Crippen molar-refractivity contribution in [3.8, 4) is 28.4 Å². The standard InChI is InChI=1S/C42H39N3O4/c46-42(49-31-34-14-8-3-9-15-34)44-26-24-35(25-27-44)40-28-41(36-16-20-38(21-17-36)47-29-32-10-4-1-5-11-32)45(43-40)37-18-22-39(23-19-37)48-30-33-12-6-2-7-13-33/h1-23,28,35H,24-27,29-31H2. The van der Waals surface area contributed by atoms with Crippen LogP contribution in [0.25, 0.3) is 16.9 Å². The van der Waals surface area contributed by atoms with Gasteiger partial charge in [-0.15, -0.1) is 0 Å². The molecule has 1 aliphatic heterocycles. The first-order chi connectivity index (χ1) is 24.2. The van der Waals surface area contributed by atoms with Gasteiger partial charge in [0.2, 0.25) is 0 Å². The van der Waals surface area contributed by atoms with E-state index >= 15 is 0 Å². The van der Waals surface area contributed by atoms with Gasteiger partial charge in [-0.1, -0.05) is 91.0 Å². The summed E-state index contributed by atoms with van der Waals surface area (Å²) in [6, 6.07) is 48.5. The number of carbonyl (C=O) groups excluding carboxylic acids is 1. The van der Waals surface area contributed by atoms with E-state index in [4.69, 9.17) is 19.3 Å². The lowest BCUT2D eigenvalue weighted by molar-refractivity contribution is 0.0868. The molecule has 0 aliphatic carbocycles. The fourth-order valence-corrected chi connectivity index (χ4v) is 6.06. The molecule has 1 saturated heterocycles. The van der Waals surface area contributed by atoms with Crippen LogP contribution in [-0.4, -0.2) is 33.9 Å². The molecule has 5 aromatic carbocycles. The van der Waals surface area contributed by atoms with Crippen LogP contribution in [0.15, 0.2) is 146 Å². The average Bonchev–Trinajstić information content (AvgIpc) is 3.63. The Kier molecular flexibility index (Phi) is 9.97. The van der Waals surface area contributed by atoms with Crippen molar-refractivity contribution in [2.24, 2.45) is 0 Å². The minimum Gasteiger partial charge on any atom is -0.489 e. The van der Waals surface area contributed by atoms with Crippen molar-refractivity contribution in [1.29, 1.82) is 0 Å². The first kappa shape index (κ1) is 31.8. The topological polar surface area (TPSA) is 65.8 Å². The number of ether oxygens (including phenoxy) is 3. The molecule has 7 rings (SSSR count). The summed E-state index contributed by atoms with van der Waals surface area (Å²) in [6.07, 6.45) is 1.36. The molecule has 6 aromatic rings. The zero-order valence-corrected chi connectivity index (χ0v) is 27.4. The van der Waals surface area contributed by atoms with E-state index in [1.54, 1.807) is 4.90 Å². The van der Waals surface area contributed by atoms with Gasteiger partial charge in [-0.2, -0.15) is 5.10 Å². The van der Waals surface area contributed by atoms with Crippen molar-refractivity contribution >= 4 is 6.09 Å². The highest BCUT2D eigenvalue weighted by molar-refractivity contribution is 5.68. The third-order valence-electron chi connectivity index (χ3n) is 8.83. The Morgan fingerprint density at radius 2 is 1.10 bits per heavy atom. The summed E-state index contributed by atoms with van der Waals surface area (Å²) in [5.41, 5.74) is 7.22. The third-order valence-corrected chi connectivity index (χ3v) is 8.83. The summed E-state index contributed by atoms with van der Waals surface area (Å²) in [5, 5.41) is 5.16. The minimum absolute atomic E-state index is 0.222. The van der Waals surface area contributed by atoms with Crippen molar-refractivity contribution in [3.63, 3.8) is 0 Å². The van der Waals surface area contributed by atoms with Crippen molar-refractivity contribution in [2.75, 3.05) is 13.1 Å². The molecule has 7 heteroatoms. The molecule has 0 unspecified atom stereocenters. The van der Waals surface area contributed by atoms with Gasteiger partial charge in [-0.25, -0.2) is 9.48 Å². The maximum Gasteiger partial charge on any atom is 0.410 e.